The molecule has 0 atom stereocenters. The summed E-state index contributed by atoms with van der Waals surface area (Å²) in [5.74, 6) is 1.77. The molecule has 1 saturated heterocycles. The van der Waals surface area contributed by atoms with Gasteiger partial charge < -0.3 is 20.5 Å². The van der Waals surface area contributed by atoms with Crippen LogP contribution in [0.2, 0.25) is 0 Å². The Bertz CT molecular complexity index is 443. The summed E-state index contributed by atoms with van der Waals surface area (Å²) in [6.07, 6.45) is 1.95. The van der Waals surface area contributed by atoms with Crippen LogP contribution in [-0.4, -0.2) is 30.3 Å². The lowest BCUT2D eigenvalue weighted by atomic mass is 9.92. The van der Waals surface area contributed by atoms with Crippen LogP contribution in [0.25, 0.3) is 0 Å². The molecule has 0 amide bonds. The number of hydrogen-bond acceptors (Lipinski definition) is 5. The number of nitrogens with two attached hydrogens (primary N) is 1. The molecular weight excluding hydrogens is 254 g/mol. The van der Waals surface area contributed by atoms with Crippen LogP contribution in [0, 0.1) is 5.92 Å². The summed E-state index contributed by atoms with van der Waals surface area (Å²) >= 11 is 0. The fraction of sp³-hybridized carbons (Fsp3) is 0.667. The van der Waals surface area contributed by atoms with Gasteiger partial charge in [0.05, 0.1) is 12.3 Å². The second-order valence-electron chi connectivity index (χ2n) is 6.09. The molecule has 0 bridgehead atoms. The number of nitrogens with zero attached hydrogens (tertiary/aromatic N) is 1. The molecule has 112 valence electrons. The van der Waals surface area contributed by atoms with E-state index < -0.39 is 0 Å². The Balaban J connectivity index is 2.06. The molecule has 2 heterocycles. The van der Waals surface area contributed by atoms with Gasteiger partial charge in [0.1, 0.15) is 5.82 Å². The van der Waals surface area contributed by atoms with E-state index in [1.807, 2.05) is 12.1 Å². The summed E-state index contributed by atoms with van der Waals surface area (Å²) in [7, 11) is 0. The van der Waals surface area contributed by atoms with Crippen LogP contribution in [0.3, 0.4) is 0 Å². The topological polar surface area (TPSA) is 69.4 Å². The van der Waals surface area contributed by atoms with Crippen molar-refractivity contribution < 1.29 is 9.47 Å². The molecule has 0 unspecified atom stereocenters. The van der Waals surface area contributed by atoms with E-state index in [1.54, 1.807) is 0 Å². The first-order valence-electron chi connectivity index (χ1n) is 7.24. The maximum atomic E-state index is 5.91. The minimum atomic E-state index is 0.0245. The third-order valence-corrected chi connectivity index (χ3v) is 3.47. The minimum absolute atomic E-state index is 0.0245. The lowest BCUT2D eigenvalue weighted by Crippen LogP contribution is -2.40. The van der Waals surface area contributed by atoms with Crippen molar-refractivity contribution in [2.75, 3.05) is 30.9 Å². The highest BCUT2D eigenvalue weighted by molar-refractivity contribution is 5.54. The largest absolute Gasteiger partial charge is 0.476 e. The molecule has 1 aliphatic heterocycles. The summed E-state index contributed by atoms with van der Waals surface area (Å²) in [6, 6.07) is 3.74. The van der Waals surface area contributed by atoms with Crippen molar-refractivity contribution in [3.05, 3.63) is 12.1 Å². The van der Waals surface area contributed by atoms with Gasteiger partial charge >= 0.3 is 0 Å². The number of pyridine rings is 1. The van der Waals surface area contributed by atoms with Gasteiger partial charge in [0.2, 0.25) is 5.88 Å². The number of nitrogen functional groups attached to an aromatic ring is 1. The number of anilines is 2. The van der Waals surface area contributed by atoms with Crippen LogP contribution in [0.4, 0.5) is 11.5 Å². The van der Waals surface area contributed by atoms with Crippen LogP contribution in [0.15, 0.2) is 12.1 Å². The number of rotatable bonds is 5. The van der Waals surface area contributed by atoms with Crippen molar-refractivity contribution in [1.82, 2.24) is 4.98 Å². The van der Waals surface area contributed by atoms with Gasteiger partial charge in [-0.1, -0.05) is 13.8 Å². The third kappa shape index (κ3) is 4.00. The fourth-order valence-corrected chi connectivity index (χ4v) is 2.14. The van der Waals surface area contributed by atoms with E-state index in [9.17, 15) is 0 Å². The zero-order valence-corrected chi connectivity index (χ0v) is 12.6. The van der Waals surface area contributed by atoms with E-state index in [2.05, 4.69) is 31.1 Å². The van der Waals surface area contributed by atoms with Crippen molar-refractivity contribution in [1.29, 1.82) is 0 Å². The number of aromatic nitrogens is 1. The molecule has 2 rings (SSSR count). The minimum Gasteiger partial charge on any atom is -0.476 e. The van der Waals surface area contributed by atoms with Crippen molar-refractivity contribution in [3.8, 4) is 5.88 Å². The molecule has 1 aromatic rings. The Morgan fingerprint density at radius 1 is 1.40 bits per heavy atom. The predicted octanol–water partition coefficient (Wildman–Crippen LogP) is 2.68. The van der Waals surface area contributed by atoms with Crippen molar-refractivity contribution in [2.45, 2.75) is 39.2 Å². The lowest BCUT2D eigenvalue weighted by Gasteiger charge is -2.35. The zero-order chi connectivity index (χ0) is 14.6. The van der Waals surface area contributed by atoms with Gasteiger partial charge in [-0.3, -0.25) is 0 Å². The van der Waals surface area contributed by atoms with E-state index >= 15 is 0 Å². The molecule has 1 aromatic heterocycles. The van der Waals surface area contributed by atoms with E-state index in [0.717, 1.165) is 31.9 Å². The van der Waals surface area contributed by atoms with Gasteiger partial charge in [0.25, 0.3) is 0 Å². The lowest BCUT2D eigenvalue weighted by molar-refractivity contribution is 0.0657. The molecule has 1 aliphatic rings. The molecule has 3 N–H and O–H groups in total. The fourth-order valence-electron chi connectivity index (χ4n) is 2.14. The van der Waals surface area contributed by atoms with E-state index in [1.165, 1.54) is 0 Å². The van der Waals surface area contributed by atoms with Gasteiger partial charge in [-0.2, -0.15) is 4.98 Å². The molecule has 0 radical (unpaired) electrons. The number of ether oxygens (including phenoxy) is 2. The SMILES string of the molecule is CC(C)COc1nc(NC2(C)CCOCC2)ccc1N. The van der Waals surface area contributed by atoms with Crippen LogP contribution in [0.1, 0.15) is 33.6 Å². The highest BCUT2D eigenvalue weighted by Gasteiger charge is 2.27. The summed E-state index contributed by atoms with van der Waals surface area (Å²) < 4.78 is 11.1. The average molecular weight is 279 g/mol. The number of hydrogen-bond donors (Lipinski definition) is 2. The smallest absolute Gasteiger partial charge is 0.239 e. The van der Waals surface area contributed by atoms with Crippen LogP contribution in [-0.2, 0) is 4.74 Å². The first-order valence-corrected chi connectivity index (χ1v) is 7.24. The van der Waals surface area contributed by atoms with Crippen LogP contribution >= 0.6 is 0 Å². The maximum absolute atomic E-state index is 5.91. The summed E-state index contributed by atoms with van der Waals surface area (Å²) in [5, 5.41) is 3.49. The summed E-state index contributed by atoms with van der Waals surface area (Å²) in [6.45, 7) is 8.58. The average Bonchev–Trinajstić information content (AvgIpc) is 2.40. The van der Waals surface area contributed by atoms with Gasteiger partial charge in [0, 0.05) is 18.8 Å². The summed E-state index contributed by atoms with van der Waals surface area (Å²) in [4.78, 5) is 4.48. The van der Waals surface area contributed by atoms with E-state index in [4.69, 9.17) is 15.2 Å². The second-order valence-corrected chi connectivity index (χ2v) is 6.09. The quantitative estimate of drug-likeness (QED) is 0.867. The molecule has 0 saturated carbocycles. The van der Waals surface area contributed by atoms with E-state index in [0.29, 0.717) is 24.1 Å². The normalized spacial score (nSPS) is 18.0. The highest BCUT2D eigenvalue weighted by atomic mass is 16.5. The summed E-state index contributed by atoms with van der Waals surface area (Å²) in [5.41, 5.74) is 6.51. The molecule has 0 aromatic carbocycles. The molecule has 5 heteroatoms. The molecular formula is C15H25N3O2. The van der Waals surface area contributed by atoms with Gasteiger partial charge in [0.15, 0.2) is 0 Å². The first-order chi connectivity index (χ1) is 9.48. The third-order valence-electron chi connectivity index (χ3n) is 3.47. The van der Waals surface area contributed by atoms with Gasteiger partial charge in [-0.15, -0.1) is 0 Å². The zero-order valence-electron chi connectivity index (χ0n) is 12.6. The molecule has 5 nitrogen and oxygen atoms in total. The maximum Gasteiger partial charge on any atom is 0.239 e. The molecule has 0 aliphatic carbocycles. The first kappa shape index (κ1) is 14.9. The Hall–Kier alpha value is -1.49. The van der Waals surface area contributed by atoms with Crippen molar-refractivity contribution in [3.63, 3.8) is 0 Å². The Kier molecular flexibility index (Phi) is 4.70. The van der Waals surface area contributed by atoms with Crippen molar-refractivity contribution >= 4 is 11.5 Å². The predicted molar refractivity (Wildman–Crippen MR) is 81.1 cm³/mol. The molecule has 1 fully saturated rings. The van der Waals surface area contributed by atoms with Gasteiger partial charge in [-0.05, 0) is 37.8 Å². The molecule has 20 heavy (non-hydrogen) atoms. The highest BCUT2D eigenvalue weighted by Crippen LogP contribution is 2.27. The Morgan fingerprint density at radius 2 is 2.10 bits per heavy atom. The van der Waals surface area contributed by atoms with E-state index in [-0.39, 0.29) is 5.54 Å². The Morgan fingerprint density at radius 3 is 2.75 bits per heavy atom. The Labute approximate surface area is 120 Å². The number of nitrogens with one attached hydrogen (secondary N) is 1. The van der Waals surface area contributed by atoms with Crippen LogP contribution in [0.5, 0.6) is 5.88 Å². The second kappa shape index (κ2) is 6.31. The standard InChI is InChI=1S/C15H25N3O2/c1-11(2)10-20-14-12(16)4-5-13(17-14)18-15(3)6-8-19-9-7-15/h4-5,11H,6-10,16H2,1-3H3,(H,17,18). The van der Waals surface area contributed by atoms with Gasteiger partial charge in [-0.25, -0.2) is 0 Å². The monoisotopic (exact) mass is 279 g/mol. The van der Waals surface area contributed by atoms with Crippen molar-refractivity contribution in [2.24, 2.45) is 5.92 Å². The van der Waals surface area contributed by atoms with Crippen LogP contribution < -0.4 is 15.8 Å². The molecule has 0 spiro atoms.